The van der Waals surface area contributed by atoms with Crippen LogP contribution < -0.4 is 4.74 Å². The Hall–Kier alpha value is -0.670. The van der Waals surface area contributed by atoms with Crippen molar-refractivity contribution < 1.29 is 4.74 Å². The lowest BCUT2D eigenvalue weighted by Crippen LogP contribution is -2.22. The Kier molecular flexibility index (Phi) is 4.75. The lowest BCUT2D eigenvalue weighted by molar-refractivity contribution is 0.340. The van der Waals surface area contributed by atoms with Crippen LogP contribution in [-0.4, -0.2) is 37.4 Å². The van der Waals surface area contributed by atoms with Crippen molar-refractivity contribution in [3.05, 3.63) is 29.3 Å². The van der Waals surface area contributed by atoms with Crippen LogP contribution in [0.3, 0.4) is 0 Å². The van der Waals surface area contributed by atoms with E-state index in [1.54, 1.807) is 0 Å². The van der Waals surface area contributed by atoms with Gasteiger partial charge >= 0.3 is 0 Å². The summed E-state index contributed by atoms with van der Waals surface area (Å²) in [5.74, 6) is 2.05. The number of ether oxygens (including phenoxy) is 1. The summed E-state index contributed by atoms with van der Waals surface area (Å²) in [5, 5.41) is 0. The molecule has 0 spiro atoms. The largest absolute Gasteiger partial charge is 0.493 e. The zero-order valence-electron chi connectivity index (χ0n) is 10.5. The van der Waals surface area contributed by atoms with Gasteiger partial charge in [-0.05, 0) is 49.4 Å². The first-order valence-electron chi connectivity index (χ1n) is 6.33. The maximum absolute atomic E-state index is 5.51. The van der Waals surface area contributed by atoms with Gasteiger partial charge in [-0.15, -0.1) is 0 Å². The zero-order valence-corrected chi connectivity index (χ0v) is 11.4. The minimum atomic E-state index is 0.848. The molecule has 17 heavy (non-hydrogen) atoms. The number of likely N-dealkylation sites (N-methyl/N-ethyl adjacent to an activating group) is 1. The molecule has 1 aliphatic heterocycles. The van der Waals surface area contributed by atoms with E-state index >= 15 is 0 Å². The van der Waals surface area contributed by atoms with E-state index in [4.69, 9.17) is 4.74 Å². The molecule has 1 aliphatic rings. The van der Waals surface area contributed by atoms with Crippen LogP contribution in [0.1, 0.15) is 17.5 Å². The molecule has 0 N–H and O–H groups in total. The van der Waals surface area contributed by atoms with Crippen LogP contribution in [0.2, 0.25) is 0 Å². The molecule has 0 fully saturated rings. The highest BCUT2D eigenvalue weighted by molar-refractivity contribution is 7.80. The Morgan fingerprint density at radius 2 is 2.24 bits per heavy atom. The van der Waals surface area contributed by atoms with E-state index in [-0.39, 0.29) is 0 Å². The maximum Gasteiger partial charge on any atom is 0.122 e. The molecule has 0 unspecified atom stereocenters. The molecule has 0 saturated heterocycles. The van der Waals surface area contributed by atoms with Crippen molar-refractivity contribution in [1.29, 1.82) is 0 Å². The van der Waals surface area contributed by atoms with Crippen molar-refractivity contribution in [2.24, 2.45) is 0 Å². The van der Waals surface area contributed by atoms with E-state index < -0.39 is 0 Å². The molecule has 0 saturated carbocycles. The van der Waals surface area contributed by atoms with Gasteiger partial charge in [0.2, 0.25) is 0 Å². The molecule has 0 aromatic heterocycles. The van der Waals surface area contributed by atoms with E-state index in [0.717, 1.165) is 50.5 Å². The summed E-state index contributed by atoms with van der Waals surface area (Å²) < 4.78 is 5.51. The minimum Gasteiger partial charge on any atom is -0.493 e. The Morgan fingerprint density at radius 3 is 3.06 bits per heavy atom. The minimum absolute atomic E-state index is 0.848. The van der Waals surface area contributed by atoms with E-state index in [2.05, 4.69) is 42.8 Å². The second-order valence-corrected chi connectivity index (χ2v) is 5.12. The average Bonchev–Trinajstić information content (AvgIpc) is 2.81. The van der Waals surface area contributed by atoms with Gasteiger partial charge < -0.3 is 9.64 Å². The van der Waals surface area contributed by atoms with E-state index in [1.165, 1.54) is 11.1 Å². The Balaban J connectivity index is 1.83. The summed E-state index contributed by atoms with van der Waals surface area (Å²) in [7, 11) is 2.18. The molecule has 1 aromatic carbocycles. The number of thiol groups is 1. The lowest BCUT2D eigenvalue weighted by atomic mass is 10.1. The van der Waals surface area contributed by atoms with Crippen LogP contribution in [0.25, 0.3) is 0 Å². The third kappa shape index (κ3) is 3.65. The maximum atomic E-state index is 5.51. The summed E-state index contributed by atoms with van der Waals surface area (Å²) in [6, 6.07) is 6.61. The third-order valence-corrected chi connectivity index (χ3v) is 3.55. The zero-order chi connectivity index (χ0) is 12.1. The summed E-state index contributed by atoms with van der Waals surface area (Å²) in [6.45, 7) is 3.10. The Labute approximate surface area is 109 Å². The van der Waals surface area contributed by atoms with Crippen molar-refractivity contribution in [2.45, 2.75) is 19.3 Å². The standard InChI is InChI=1S/C14H21NOS/c1-15(7-2-10-17)8-5-12-3-4-14-13(11-12)6-9-16-14/h3-4,11,17H,2,5-10H2,1H3. The van der Waals surface area contributed by atoms with Crippen LogP contribution in [0.4, 0.5) is 0 Å². The molecular formula is C14H21NOS. The molecule has 0 amide bonds. The normalized spacial score (nSPS) is 13.8. The van der Waals surface area contributed by atoms with E-state index in [0.29, 0.717) is 0 Å². The number of hydrogen-bond donors (Lipinski definition) is 1. The number of hydrogen-bond acceptors (Lipinski definition) is 3. The molecule has 2 nitrogen and oxygen atoms in total. The van der Waals surface area contributed by atoms with Gasteiger partial charge in [-0.25, -0.2) is 0 Å². The van der Waals surface area contributed by atoms with Gasteiger partial charge in [-0.1, -0.05) is 12.1 Å². The summed E-state index contributed by atoms with van der Waals surface area (Å²) >= 11 is 4.24. The lowest BCUT2D eigenvalue weighted by Gasteiger charge is -2.16. The van der Waals surface area contributed by atoms with Crippen molar-refractivity contribution in [2.75, 3.05) is 32.5 Å². The predicted molar refractivity (Wildman–Crippen MR) is 75.3 cm³/mol. The van der Waals surface area contributed by atoms with Gasteiger partial charge in [0.05, 0.1) is 6.61 Å². The van der Waals surface area contributed by atoms with Gasteiger partial charge in [-0.3, -0.25) is 0 Å². The number of nitrogens with zero attached hydrogens (tertiary/aromatic N) is 1. The van der Waals surface area contributed by atoms with Gasteiger partial charge in [-0.2, -0.15) is 12.6 Å². The van der Waals surface area contributed by atoms with Crippen LogP contribution in [-0.2, 0) is 12.8 Å². The molecule has 0 aliphatic carbocycles. The number of rotatable bonds is 6. The quantitative estimate of drug-likeness (QED) is 0.780. The van der Waals surface area contributed by atoms with Crippen LogP contribution in [0, 0.1) is 0 Å². The van der Waals surface area contributed by atoms with Crippen LogP contribution in [0.15, 0.2) is 18.2 Å². The van der Waals surface area contributed by atoms with Crippen molar-refractivity contribution >= 4 is 12.6 Å². The first-order valence-corrected chi connectivity index (χ1v) is 6.97. The summed E-state index contributed by atoms with van der Waals surface area (Å²) in [4.78, 5) is 2.37. The van der Waals surface area contributed by atoms with Gasteiger partial charge in [0.25, 0.3) is 0 Å². The van der Waals surface area contributed by atoms with Crippen LogP contribution >= 0.6 is 12.6 Å². The molecular weight excluding hydrogens is 230 g/mol. The van der Waals surface area contributed by atoms with Crippen LogP contribution in [0.5, 0.6) is 5.75 Å². The fourth-order valence-electron chi connectivity index (χ4n) is 2.17. The summed E-state index contributed by atoms with van der Waals surface area (Å²) in [6.07, 6.45) is 3.35. The molecule has 0 atom stereocenters. The highest BCUT2D eigenvalue weighted by Gasteiger charge is 2.11. The van der Waals surface area contributed by atoms with E-state index in [1.807, 2.05) is 0 Å². The molecule has 0 radical (unpaired) electrons. The second-order valence-electron chi connectivity index (χ2n) is 4.67. The van der Waals surface area contributed by atoms with Crippen molar-refractivity contribution in [1.82, 2.24) is 4.90 Å². The predicted octanol–water partition coefficient (Wildman–Crippen LogP) is 2.42. The van der Waals surface area contributed by atoms with Gasteiger partial charge in [0.15, 0.2) is 0 Å². The Bertz CT molecular complexity index is 367. The summed E-state index contributed by atoms with van der Waals surface area (Å²) in [5.41, 5.74) is 2.80. The molecule has 1 aromatic rings. The molecule has 1 heterocycles. The SMILES string of the molecule is CN(CCCS)CCc1ccc2c(c1)CCO2. The fraction of sp³-hybridized carbons (Fsp3) is 0.571. The van der Waals surface area contributed by atoms with Crippen molar-refractivity contribution in [3.63, 3.8) is 0 Å². The number of fused-ring (bicyclic) bond motifs is 1. The first-order chi connectivity index (χ1) is 8.29. The van der Waals surface area contributed by atoms with E-state index in [9.17, 15) is 0 Å². The Morgan fingerprint density at radius 1 is 1.35 bits per heavy atom. The van der Waals surface area contributed by atoms with Gasteiger partial charge in [0, 0.05) is 13.0 Å². The average molecular weight is 251 g/mol. The highest BCUT2D eigenvalue weighted by Crippen LogP contribution is 2.25. The second kappa shape index (κ2) is 6.31. The molecule has 94 valence electrons. The first kappa shape index (κ1) is 12.8. The van der Waals surface area contributed by atoms with Crippen molar-refractivity contribution in [3.8, 4) is 5.75 Å². The third-order valence-electron chi connectivity index (χ3n) is 3.23. The van der Waals surface area contributed by atoms with Gasteiger partial charge in [0.1, 0.15) is 5.75 Å². The molecule has 0 bridgehead atoms. The molecule has 2 rings (SSSR count). The fourth-order valence-corrected chi connectivity index (χ4v) is 2.31. The molecule has 3 heteroatoms. The number of benzene rings is 1. The smallest absolute Gasteiger partial charge is 0.122 e. The topological polar surface area (TPSA) is 12.5 Å². The monoisotopic (exact) mass is 251 g/mol. The highest BCUT2D eigenvalue weighted by atomic mass is 32.1.